The molecule has 4 rings (SSSR count). The second-order valence-electron chi connectivity index (χ2n) is 9.01. The molecule has 3 aromatic rings. The molecule has 0 spiro atoms. The van der Waals surface area contributed by atoms with Crippen LogP contribution in [0.2, 0.25) is 0 Å². The Balaban J connectivity index is 1.25. The van der Waals surface area contributed by atoms with Crippen LogP contribution in [0.5, 0.6) is 5.75 Å². The number of ketones is 1. The molecule has 0 saturated carbocycles. The zero-order valence-electron chi connectivity index (χ0n) is 19.8. The summed E-state index contributed by atoms with van der Waals surface area (Å²) in [5.41, 5.74) is 3.00. The standard InChI is InChI=1S/C29H33FN2O2/c1-23-9-15-27(16-10-23)34-29(25-6-3-2-4-7-25)22-32-20-18-31(19-21-32)17-5-8-28(33)24-11-13-26(30)14-12-24/h2-4,6-7,9-16,29H,5,8,17-22H2,1H3. The summed E-state index contributed by atoms with van der Waals surface area (Å²) in [6, 6.07) is 24.5. The van der Waals surface area contributed by atoms with Gasteiger partial charge in [-0.1, -0.05) is 48.0 Å². The Labute approximate surface area is 202 Å². The minimum atomic E-state index is -0.312. The van der Waals surface area contributed by atoms with E-state index in [0.29, 0.717) is 12.0 Å². The van der Waals surface area contributed by atoms with E-state index in [-0.39, 0.29) is 17.7 Å². The number of hydrogen-bond donors (Lipinski definition) is 0. The summed E-state index contributed by atoms with van der Waals surface area (Å²) in [4.78, 5) is 17.2. The van der Waals surface area contributed by atoms with Crippen molar-refractivity contribution in [2.75, 3.05) is 39.3 Å². The second-order valence-corrected chi connectivity index (χ2v) is 9.01. The normalized spacial score (nSPS) is 15.7. The van der Waals surface area contributed by atoms with Crippen molar-refractivity contribution in [3.8, 4) is 5.75 Å². The highest BCUT2D eigenvalue weighted by Crippen LogP contribution is 2.24. The largest absolute Gasteiger partial charge is 0.484 e. The van der Waals surface area contributed by atoms with Crippen LogP contribution < -0.4 is 4.74 Å². The Morgan fingerprint density at radius 2 is 1.53 bits per heavy atom. The summed E-state index contributed by atoms with van der Waals surface area (Å²) in [5, 5.41) is 0. The highest BCUT2D eigenvalue weighted by molar-refractivity contribution is 5.95. The Hall–Kier alpha value is -3.02. The summed E-state index contributed by atoms with van der Waals surface area (Å²) in [7, 11) is 0. The Morgan fingerprint density at radius 3 is 2.21 bits per heavy atom. The van der Waals surface area contributed by atoms with Gasteiger partial charge in [-0.2, -0.15) is 0 Å². The van der Waals surface area contributed by atoms with E-state index >= 15 is 0 Å². The Bertz CT molecular complexity index is 1030. The lowest BCUT2D eigenvalue weighted by atomic mass is 10.1. The maximum atomic E-state index is 13.0. The Morgan fingerprint density at radius 1 is 0.882 bits per heavy atom. The van der Waals surface area contributed by atoms with E-state index in [2.05, 4.69) is 53.1 Å². The molecule has 1 aliphatic rings. The van der Waals surface area contributed by atoms with Crippen LogP contribution in [0.3, 0.4) is 0 Å². The smallest absolute Gasteiger partial charge is 0.162 e. The summed E-state index contributed by atoms with van der Waals surface area (Å²) in [6.45, 7) is 7.75. The molecule has 1 unspecified atom stereocenters. The fraction of sp³-hybridized carbons (Fsp3) is 0.345. The lowest BCUT2D eigenvalue weighted by Gasteiger charge is -2.36. The number of aryl methyl sites for hydroxylation is 1. The molecule has 1 saturated heterocycles. The molecule has 1 heterocycles. The fourth-order valence-corrected chi connectivity index (χ4v) is 4.33. The van der Waals surface area contributed by atoms with Crippen LogP contribution in [0.25, 0.3) is 0 Å². The molecular weight excluding hydrogens is 427 g/mol. The van der Waals surface area contributed by atoms with Gasteiger partial charge in [0.25, 0.3) is 0 Å². The van der Waals surface area contributed by atoms with Gasteiger partial charge < -0.3 is 9.64 Å². The molecule has 1 atom stereocenters. The van der Waals surface area contributed by atoms with Crippen molar-refractivity contribution < 1.29 is 13.9 Å². The van der Waals surface area contributed by atoms with Crippen molar-refractivity contribution >= 4 is 5.78 Å². The zero-order valence-corrected chi connectivity index (χ0v) is 19.8. The number of carbonyl (C=O) groups is 1. The summed E-state index contributed by atoms with van der Waals surface area (Å²) < 4.78 is 19.5. The van der Waals surface area contributed by atoms with Crippen LogP contribution in [0.1, 0.15) is 40.4 Å². The molecule has 0 N–H and O–H groups in total. The van der Waals surface area contributed by atoms with E-state index in [4.69, 9.17) is 4.74 Å². The van der Waals surface area contributed by atoms with Gasteiger partial charge in [0.2, 0.25) is 0 Å². The van der Waals surface area contributed by atoms with Crippen LogP contribution in [-0.4, -0.2) is 54.9 Å². The zero-order chi connectivity index (χ0) is 23.8. The van der Waals surface area contributed by atoms with E-state index in [9.17, 15) is 9.18 Å². The fourth-order valence-electron chi connectivity index (χ4n) is 4.33. The van der Waals surface area contributed by atoms with E-state index in [1.807, 2.05) is 18.2 Å². The Kier molecular flexibility index (Phi) is 8.45. The van der Waals surface area contributed by atoms with E-state index in [1.165, 1.54) is 23.3 Å². The topological polar surface area (TPSA) is 32.8 Å². The molecule has 0 amide bonds. The summed E-state index contributed by atoms with van der Waals surface area (Å²) in [5.74, 6) is 0.662. The number of rotatable bonds is 10. The molecule has 1 fully saturated rings. The molecule has 5 heteroatoms. The third kappa shape index (κ3) is 6.99. The van der Waals surface area contributed by atoms with Crippen LogP contribution in [-0.2, 0) is 0 Å². The van der Waals surface area contributed by atoms with Gasteiger partial charge >= 0.3 is 0 Å². The van der Waals surface area contributed by atoms with Crippen molar-refractivity contribution in [3.05, 3.63) is 101 Å². The molecule has 1 aliphatic heterocycles. The lowest BCUT2D eigenvalue weighted by Crippen LogP contribution is -2.48. The molecule has 0 aromatic heterocycles. The molecule has 178 valence electrons. The van der Waals surface area contributed by atoms with Gasteiger partial charge in [-0.15, -0.1) is 0 Å². The molecule has 3 aromatic carbocycles. The monoisotopic (exact) mass is 460 g/mol. The third-order valence-electron chi connectivity index (χ3n) is 6.40. The number of ether oxygens (including phenoxy) is 1. The van der Waals surface area contributed by atoms with Gasteiger partial charge in [0, 0.05) is 44.7 Å². The second kappa shape index (κ2) is 11.9. The van der Waals surface area contributed by atoms with Gasteiger partial charge in [-0.05, 0) is 61.9 Å². The number of carbonyl (C=O) groups excluding carboxylic acids is 1. The minimum Gasteiger partial charge on any atom is -0.484 e. The first-order chi connectivity index (χ1) is 16.6. The van der Waals surface area contributed by atoms with Crippen LogP contribution >= 0.6 is 0 Å². The van der Waals surface area contributed by atoms with Crippen LogP contribution in [0.4, 0.5) is 4.39 Å². The molecular formula is C29H33FN2O2. The first-order valence-electron chi connectivity index (χ1n) is 12.1. The number of benzene rings is 3. The summed E-state index contributed by atoms with van der Waals surface area (Å²) >= 11 is 0. The molecule has 0 bridgehead atoms. The third-order valence-corrected chi connectivity index (χ3v) is 6.40. The van der Waals surface area contributed by atoms with Gasteiger partial charge in [-0.25, -0.2) is 4.39 Å². The van der Waals surface area contributed by atoms with Crippen molar-refractivity contribution in [1.82, 2.24) is 9.80 Å². The average molecular weight is 461 g/mol. The number of piperazine rings is 1. The lowest BCUT2D eigenvalue weighted by molar-refractivity contribution is 0.0814. The number of hydrogen-bond acceptors (Lipinski definition) is 4. The highest BCUT2D eigenvalue weighted by Gasteiger charge is 2.22. The van der Waals surface area contributed by atoms with E-state index < -0.39 is 0 Å². The average Bonchev–Trinajstić information content (AvgIpc) is 2.87. The highest BCUT2D eigenvalue weighted by atomic mass is 19.1. The number of halogens is 1. The number of Topliss-reactive ketones (excluding diaryl/α,β-unsaturated/α-hetero) is 1. The van der Waals surface area contributed by atoms with Gasteiger partial charge in [0.1, 0.15) is 17.7 Å². The first-order valence-corrected chi connectivity index (χ1v) is 12.1. The van der Waals surface area contributed by atoms with E-state index in [0.717, 1.165) is 51.4 Å². The molecule has 0 radical (unpaired) electrons. The maximum Gasteiger partial charge on any atom is 0.162 e. The predicted molar refractivity (Wildman–Crippen MR) is 134 cm³/mol. The van der Waals surface area contributed by atoms with Crippen molar-refractivity contribution in [3.63, 3.8) is 0 Å². The molecule has 4 nitrogen and oxygen atoms in total. The van der Waals surface area contributed by atoms with Crippen LogP contribution in [0, 0.1) is 12.7 Å². The minimum absolute atomic E-state index is 0.0243. The number of nitrogens with zero attached hydrogens (tertiary/aromatic N) is 2. The molecule has 0 aliphatic carbocycles. The maximum absolute atomic E-state index is 13.0. The quantitative estimate of drug-likeness (QED) is 0.372. The van der Waals surface area contributed by atoms with E-state index in [1.54, 1.807) is 12.1 Å². The van der Waals surface area contributed by atoms with Crippen molar-refractivity contribution in [2.45, 2.75) is 25.9 Å². The first kappa shape index (κ1) is 24.1. The predicted octanol–water partition coefficient (Wildman–Crippen LogP) is 5.53. The van der Waals surface area contributed by atoms with Gasteiger partial charge in [-0.3, -0.25) is 9.69 Å². The van der Waals surface area contributed by atoms with Crippen molar-refractivity contribution in [1.29, 1.82) is 0 Å². The van der Waals surface area contributed by atoms with Crippen LogP contribution in [0.15, 0.2) is 78.9 Å². The van der Waals surface area contributed by atoms with Gasteiger partial charge in [0.05, 0.1) is 0 Å². The SMILES string of the molecule is Cc1ccc(OC(CN2CCN(CCCC(=O)c3ccc(F)cc3)CC2)c2ccccc2)cc1. The van der Waals surface area contributed by atoms with Crippen molar-refractivity contribution in [2.24, 2.45) is 0 Å². The van der Waals surface area contributed by atoms with Gasteiger partial charge in [0.15, 0.2) is 5.78 Å². The molecule has 34 heavy (non-hydrogen) atoms. The summed E-state index contributed by atoms with van der Waals surface area (Å²) in [6.07, 6.45) is 1.29.